The van der Waals surface area contributed by atoms with Gasteiger partial charge >= 0.3 is 0 Å². The van der Waals surface area contributed by atoms with Gasteiger partial charge in [0, 0.05) is 11.1 Å². The Hall–Kier alpha value is -3.84. The van der Waals surface area contributed by atoms with Crippen molar-refractivity contribution in [1.82, 2.24) is 0 Å². The predicted molar refractivity (Wildman–Crippen MR) is 108 cm³/mol. The molecule has 0 fully saturated rings. The molecule has 0 aliphatic rings. The summed E-state index contributed by atoms with van der Waals surface area (Å²) in [5, 5.41) is 8.53. The third-order valence-corrected chi connectivity index (χ3v) is 4.01. The summed E-state index contributed by atoms with van der Waals surface area (Å²) in [6, 6.07) is 26.1. The normalized spacial score (nSPS) is 10.4. The van der Waals surface area contributed by atoms with Crippen LogP contribution in [0.5, 0.6) is 11.5 Å². The maximum Gasteiger partial charge on any atom is 0.185 e. The monoisotopic (exact) mass is 369 g/mol. The van der Waals surface area contributed by atoms with E-state index in [0.717, 1.165) is 16.9 Å². The second kappa shape index (κ2) is 9.75. The van der Waals surface area contributed by atoms with E-state index >= 15 is 0 Å². The van der Waals surface area contributed by atoms with Crippen LogP contribution in [0.15, 0.2) is 84.9 Å². The molecule has 3 rings (SSSR count). The van der Waals surface area contributed by atoms with Crippen molar-refractivity contribution in [3.63, 3.8) is 0 Å². The Kier molecular flexibility index (Phi) is 6.59. The summed E-state index contributed by atoms with van der Waals surface area (Å²) in [5.74, 6) is 1.15. The van der Waals surface area contributed by atoms with Crippen LogP contribution in [0.4, 0.5) is 0 Å². The first kappa shape index (κ1) is 18.9. The van der Waals surface area contributed by atoms with E-state index in [2.05, 4.69) is 0 Å². The highest BCUT2D eigenvalue weighted by Gasteiger charge is 2.05. The van der Waals surface area contributed by atoms with Crippen molar-refractivity contribution in [2.75, 3.05) is 6.61 Å². The van der Waals surface area contributed by atoms with Gasteiger partial charge in [-0.15, -0.1) is 0 Å². The fourth-order valence-corrected chi connectivity index (χ4v) is 2.58. The zero-order valence-corrected chi connectivity index (χ0v) is 15.2. The van der Waals surface area contributed by atoms with Crippen LogP contribution in [0.1, 0.15) is 21.5 Å². The first-order valence-electron chi connectivity index (χ1n) is 8.84. The first-order chi connectivity index (χ1) is 13.8. The molecule has 3 aromatic carbocycles. The molecule has 0 unspecified atom stereocenters. The maximum atomic E-state index is 12.4. The third kappa shape index (κ3) is 5.33. The van der Waals surface area contributed by atoms with E-state index in [1.54, 1.807) is 30.3 Å². The fraction of sp³-hybridized carbons (Fsp3) is 0.0833. The molecule has 138 valence electrons. The van der Waals surface area contributed by atoms with Crippen LogP contribution in [-0.4, -0.2) is 12.4 Å². The molecular weight excluding hydrogens is 350 g/mol. The summed E-state index contributed by atoms with van der Waals surface area (Å²) in [7, 11) is 0. The van der Waals surface area contributed by atoms with Gasteiger partial charge in [0.05, 0.1) is 0 Å². The van der Waals surface area contributed by atoms with Crippen LogP contribution >= 0.6 is 0 Å². The highest BCUT2D eigenvalue weighted by Crippen LogP contribution is 2.21. The van der Waals surface area contributed by atoms with Gasteiger partial charge in [-0.3, -0.25) is 4.79 Å². The fourth-order valence-electron chi connectivity index (χ4n) is 2.58. The number of para-hydroxylation sites is 1. The maximum absolute atomic E-state index is 12.4. The topological polar surface area (TPSA) is 59.3 Å². The van der Waals surface area contributed by atoms with Gasteiger partial charge in [-0.05, 0) is 48.0 Å². The zero-order chi connectivity index (χ0) is 19.6. The number of ether oxygens (including phenoxy) is 2. The molecule has 0 heterocycles. The summed E-state index contributed by atoms with van der Waals surface area (Å²) >= 11 is 0. The van der Waals surface area contributed by atoms with Gasteiger partial charge in [0.25, 0.3) is 0 Å². The van der Waals surface area contributed by atoms with Gasteiger partial charge in [-0.2, -0.15) is 5.26 Å². The number of rotatable bonds is 8. The van der Waals surface area contributed by atoms with E-state index in [1.807, 2.05) is 60.7 Å². The quantitative estimate of drug-likeness (QED) is 0.411. The van der Waals surface area contributed by atoms with Crippen LogP contribution in [0.3, 0.4) is 0 Å². The average Bonchev–Trinajstić information content (AvgIpc) is 2.76. The number of allylic oxidation sites excluding steroid dienone is 1. The average molecular weight is 369 g/mol. The van der Waals surface area contributed by atoms with Crippen molar-refractivity contribution >= 4 is 11.9 Å². The van der Waals surface area contributed by atoms with Gasteiger partial charge in [0.2, 0.25) is 0 Å². The Morgan fingerprint density at radius 1 is 0.893 bits per heavy atom. The Labute approximate surface area is 164 Å². The second-order valence-electron chi connectivity index (χ2n) is 5.98. The third-order valence-electron chi connectivity index (χ3n) is 4.01. The number of hydrogen-bond donors (Lipinski definition) is 0. The molecule has 0 bridgehead atoms. The van der Waals surface area contributed by atoms with Gasteiger partial charge in [0.15, 0.2) is 12.4 Å². The van der Waals surface area contributed by atoms with Crippen molar-refractivity contribution in [1.29, 1.82) is 5.26 Å². The van der Waals surface area contributed by atoms with E-state index in [1.165, 1.54) is 6.08 Å². The highest BCUT2D eigenvalue weighted by atomic mass is 16.5. The van der Waals surface area contributed by atoms with E-state index in [-0.39, 0.29) is 12.4 Å². The van der Waals surface area contributed by atoms with Crippen molar-refractivity contribution < 1.29 is 14.3 Å². The molecule has 0 aromatic heterocycles. The van der Waals surface area contributed by atoms with Gasteiger partial charge in [-0.1, -0.05) is 48.5 Å². The number of ketones is 1. The van der Waals surface area contributed by atoms with Crippen molar-refractivity contribution in [3.05, 3.63) is 102 Å². The molecule has 0 saturated heterocycles. The molecule has 0 saturated carbocycles. The molecule has 0 radical (unpaired) electrons. The number of carbonyl (C=O) groups excluding carboxylic acids is 1. The van der Waals surface area contributed by atoms with Crippen LogP contribution < -0.4 is 9.47 Å². The smallest absolute Gasteiger partial charge is 0.185 e. The van der Waals surface area contributed by atoms with Crippen molar-refractivity contribution in [2.24, 2.45) is 0 Å². The molecule has 28 heavy (non-hydrogen) atoms. The molecule has 0 spiro atoms. The summed E-state index contributed by atoms with van der Waals surface area (Å²) < 4.78 is 11.1. The number of nitriles is 1. The summed E-state index contributed by atoms with van der Waals surface area (Å²) in [6.07, 6.45) is 3.28. The lowest BCUT2D eigenvalue weighted by Crippen LogP contribution is -1.98. The van der Waals surface area contributed by atoms with Gasteiger partial charge in [-0.25, -0.2) is 0 Å². The van der Waals surface area contributed by atoms with Crippen LogP contribution in [-0.2, 0) is 6.61 Å². The Balaban J connectivity index is 1.66. The van der Waals surface area contributed by atoms with Crippen LogP contribution in [0, 0.1) is 11.3 Å². The number of nitrogens with zero attached hydrogens (tertiary/aromatic N) is 1. The summed E-state index contributed by atoms with van der Waals surface area (Å²) in [6.45, 7) is 0.441. The summed E-state index contributed by atoms with van der Waals surface area (Å²) in [4.78, 5) is 12.4. The minimum absolute atomic E-state index is 0.0209. The first-order valence-corrected chi connectivity index (χ1v) is 8.84. The standard InChI is InChI=1S/C24H19NO3/c25-16-17-27-22-13-10-20(11-14-22)23(26)15-12-21-8-4-5-9-24(21)28-18-19-6-2-1-3-7-19/h1-15H,17-18H2/b15-12+. The van der Waals surface area contributed by atoms with Crippen LogP contribution in [0.25, 0.3) is 6.08 Å². The van der Waals surface area contributed by atoms with Gasteiger partial charge in [0.1, 0.15) is 24.2 Å². The van der Waals surface area contributed by atoms with Crippen LogP contribution in [0.2, 0.25) is 0 Å². The SMILES string of the molecule is N#CCOc1ccc(C(=O)/C=C/c2ccccc2OCc2ccccc2)cc1. The second-order valence-corrected chi connectivity index (χ2v) is 5.98. The van der Waals surface area contributed by atoms with Crippen molar-refractivity contribution in [2.45, 2.75) is 6.61 Å². The van der Waals surface area contributed by atoms with E-state index in [4.69, 9.17) is 14.7 Å². The minimum Gasteiger partial charge on any atom is -0.488 e. The van der Waals surface area contributed by atoms with Gasteiger partial charge < -0.3 is 9.47 Å². The Morgan fingerprint density at radius 3 is 2.36 bits per heavy atom. The van der Waals surface area contributed by atoms with E-state index in [0.29, 0.717) is 17.9 Å². The predicted octanol–water partition coefficient (Wildman–Crippen LogP) is 5.06. The molecule has 0 aliphatic heterocycles. The highest BCUT2D eigenvalue weighted by molar-refractivity contribution is 6.07. The number of carbonyl (C=O) groups is 1. The lowest BCUT2D eigenvalue weighted by atomic mass is 10.1. The zero-order valence-electron chi connectivity index (χ0n) is 15.2. The molecule has 0 aliphatic carbocycles. The van der Waals surface area contributed by atoms with E-state index < -0.39 is 0 Å². The van der Waals surface area contributed by atoms with Crippen molar-refractivity contribution in [3.8, 4) is 17.6 Å². The lowest BCUT2D eigenvalue weighted by Gasteiger charge is -2.09. The molecule has 0 atom stereocenters. The molecule has 0 amide bonds. The summed E-state index contributed by atoms with van der Waals surface area (Å²) in [5.41, 5.74) is 2.46. The molecular formula is C24H19NO3. The largest absolute Gasteiger partial charge is 0.488 e. The molecule has 4 heteroatoms. The lowest BCUT2D eigenvalue weighted by molar-refractivity contribution is 0.104. The number of hydrogen-bond acceptors (Lipinski definition) is 4. The van der Waals surface area contributed by atoms with E-state index in [9.17, 15) is 4.79 Å². The Morgan fingerprint density at radius 2 is 1.61 bits per heavy atom. The minimum atomic E-state index is -0.121. The molecule has 4 nitrogen and oxygen atoms in total. The molecule has 0 N–H and O–H groups in total. The molecule has 3 aromatic rings. The number of benzene rings is 3. The Bertz CT molecular complexity index is 986.